The number of ether oxygens (including phenoxy) is 1. The van der Waals surface area contributed by atoms with E-state index < -0.39 is 12.1 Å². The first kappa shape index (κ1) is 13.8. The van der Waals surface area contributed by atoms with Crippen molar-refractivity contribution in [3.8, 4) is 5.75 Å². The van der Waals surface area contributed by atoms with Crippen LogP contribution in [0.4, 0.5) is 0 Å². The summed E-state index contributed by atoms with van der Waals surface area (Å²) in [6.07, 6.45) is -0.820. The molecule has 1 aromatic carbocycles. The number of hydrogen-bond acceptors (Lipinski definition) is 4. The van der Waals surface area contributed by atoms with E-state index in [1.54, 1.807) is 0 Å². The maximum absolute atomic E-state index is 10.7. The van der Waals surface area contributed by atoms with Gasteiger partial charge in [-0.15, -0.1) is 0 Å². The minimum Gasteiger partial charge on any atom is -0.479 e. The Morgan fingerprint density at radius 2 is 2.00 bits per heavy atom. The van der Waals surface area contributed by atoms with Gasteiger partial charge in [-0.2, -0.15) is 0 Å². The van der Waals surface area contributed by atoms with Gasteiger partial charge in [-0.1, -0.05) is 12.1 Å². The van der Waals surface area contributed by atoms with Gasteiger partial charge < -0.3 is 15.2 Å². The van der Waals surface area contributed by atoms with Crippen LogP contribution in [0.15, 0.2) is 24.3 Å². The zero-order chi connectivity index (χ0) is 13.7. The van der Waals surface area contributed by atoms with Gasteiger partial charge in [0.05, 0.1) is 0 Å². The van der Waals surface area contributed by atoms with E-state index in [0.29, 0.717) is 5.75 Å². The molecule has 1 aliphatic rings. The van der Waals surface area contributed by atoms with E-state index in [9.17, 15) is 4.79 Å². The van der Waals surface area contributed by atoms with E-state index in [-0.39, 0.29) is 0 Å². The zero-order valence-corrected chi connectivity index (χ0v) is 11.1. The first-order valence-corrected chi connectivity index (χ1v) is 6.56. The molecule has 5 nitrogen and oxygen atoms in total. The number of hydrogen-bond donors (Lipinski definition) is 2. The molecular formula is C14H20N2O3. The average molecular weight is 264 g/mol. The Kier molecular flexibility index (Phi) is 4.76. The van der Waals surface area contributed by atoms with Crippen molar-refractivity contribution in [1.29, 1.82) is 0 Å². The second-order valence-electron chi connectivity index (χ2n) is 4.77. The third-order valence-electron chi connectivity index (χ3n) is 3.20. The average Bonchev–Trinajstić information content (AvgIpc) is 2.42. The van der Waals surface area contributed by atoms with Crippen molar-refractivity contribution < 1.29 is 14.6 Å². The van der Waals surface area contributed by atoms with Crippen LogP contribution in [-0.2, 0) is 11.3 Å². The number of rotatable bonds is 5. The SMILES string of the molecule is CC(Oc1ccc(CN2CCNCC2)cc1)C(=O)O. The minimum atomic E-state index is -0.954. The first-order valence-electron chi connectivity index (χ1n) is 6.56. The van der Waals surface area contributed by atoms with Gasteiger partial charge in [-0.25, -0.2) is 4.79 Å². The highest BCUT2D eigenvalue weighted by molar-refractivity contribution is 5.72. The quantitative estimate of drug-likeness (QED) is 0.829. The van der Waals surface area contributed by atoms with Crippen molar-refractivity contribution in [3.63, 3.8) is 0 Å². The summed E-state index contributed by atoms with van der Waals surface area (Å²) in [5, 5.41) is 12.1. The van der Waals surface area contributed by atoms with Crippen LogP contribution in [0.1, 0.15) is 12.5 Å². The molecule has 0 radical (unpaired) electrons. The number of carbonyl (C=O) groups is 1. The molecule has 1 unspecified atom stereocenters. The van der Waals surface area contributed by atoms with Gasteiger partial charge in [0.1, 0.15) is 5.75 Å². The van der Waals surface area contributed by atoms with Crippen molar-refractivity contribution in [2.75, 3.05) is 26.2 Å². The van der Waals surface area contributed by atoms with E-state index >= 15 is 0 Å². The summed E-state index contributed by atoms with van der Waals surface area (Å²) in [5.41, 5.74) is 1.22. The van der Waals surface area contributed by atoms with Gasteiger partial charge >= 0.3 is 5.97 Å². The summed E-state index contributed by atoms with van der Waals surface area (Å²) in [5.74, 6) is -0.358. The van der Waals surface area contributed by atoms with Crippen LogP contribution >= 0.6 is 0 Å². The molecule has 0 aromatic heterocycles. The molecule has 104 valence electrons. The van der Waals surface area contributed by atoms with Crippen LogP contribution in [0, 0.1) is 0 Å². The molecule has 1 aliphatic heterocycles. The Bertz CT molecular complexity index is 413. The van der Waals surface area contributed by atoms with Gasteiger partial charge in [0.2, 0.25) is 0 Å². The summed E-state index contributed by atoms with van der Waals surface area (Å²) in [4.78, 5) is 13.1. The maximum Gasteiger partial charge on any atom is 0.344 e. The van der Waals surface area contributed by atoms with Crippen molar-refractivity contribution in [1.82, 2.24) is 10.2 Å². The fourth-order valence-electron chi connectivity index (χ4n) is 2.06. The molecule has 0 spiro atoms. The van der Waals surface area contributed by atoms with E-state index in [1.807, 2.05) is 24.3 Å². The Morgan fingerprint density at radius 3 is 2.58 bits per heavy atom. The molecule has 1 heterocycles. The second kappa shape index (κ2) is 6.54. The molecule has 2 rings (SSSR count). The summed E-state index contributed by atoms with van der Waals surface area (Å²) in [6, 6.07) is 7.64. The normalized spacial score (nSPS) is 17.9. The van der Waals surface area contributed by atoms with Crippen molar-refractivity contribution in [3.05, 3.63) is 29.8 Å². The highest BCUT2D eigenvalue weighted by Crippen LogP contribution is 2.15. The molecule has 0 bridgehead atoms. The maximum atomic E-state index is 10.7. The van der Waals surface area contributed by atoms with Crippen LogP contribution < -0.4 is 10.1 Å². The number of benzene rings is 1. The van der Waals surface area contributed by atoms with Crippen LogP contribution in [0.2, 0.25) is 0 Å². The summed E-state index contributed by atoms with van der Waals surface area (Å²) in [6.45, 7) is 6.66. The standard InChI is InChI=1S/C14H20N2O3/c1-11(14(17)18)19-13-4-2-12(3-5-13)10-16-8-6-15-7-9-16/h2-5,11,15H,6-10H2,1H3,(H,17,18). The fourth-order valence-corrected chi connectivity index (χ4v) is 2.06. The third kappa shape index (κ3) is 4.22. The van der Waals surface area contributed by atoms with E-state index in [2.05, 4.69) is 10.2 Å². The molecule has 1 fully saturated rings. The molecule has 1 saturated heterocycles. The fraction of sp³-hybridized carbons (Fsp3) is 0.500. The second-order valence-corrected chi connectivity index (χ2v) is 4.77. The lowest BCUT2D eigenvalue weighted by Gasteiger charge is -2.27. The van der Waals surface area contributed by atoms with E-state index in [1.165, 1.54) is 12.5 Å². The first-order chi connectivity index (χ1) is 9.15. The Hall–Kier alpha value is -1.59. The number of carboxylic acid groups (broad SMARTS) is 1. The molecule has 0 amide bonds. The smallest absolute Gasteiger partial charge is 0.344 e. The van der Waals surface area contributed by atoms with E-state index in [0.717, 1.165) is 32.7 Å². The molecule has 5 heteroatoms. The third-order valence-corrected chi connectivity index (χ3v) is 3.20. The molecule has 1 aromatic rings. The van der Waals surface area contributed by atoms with Crippen LogP contribution in [-0.4, -0.2) is 48.3 Å². The van der Waals surface area contributed by atoms with Crippen molar-refractivity contribution in [2.45, 2.75) is 19.6 Å². The minimum absolute atomic E-state index is 0.596. The monoisotopic (exact) mass is 264 g/mol. The zero-order valence-electron chi connectivity index (χ0n) is 11.1. The number of aliphatic carboxylic acids is 1. The number of piperazine rings is 1. The Labute approximate surface area is 113 Å². The van der Waals surface area contributed by atoms with Gasteiger partial charge in [-0.05, 0) is 24.6 Å². The molecule has 0 saturated carbocycles. The predicted molar refractivity (Wildman–Crippen MR) is 72.3 cm³/mol. The van der Waals surface area contributed by atoms with Crippen LogP contribution in [0.3, 0.4) is 0 Å². The predicted octanol–water partition coefficient (Wildman–Crippen LogP) is 0.944. The van der Waals surface area contributed by atoms with Crippen LogP contribution in [0.25, 0.3) is 0 Å². The lowest BCUT2D eigenvalue weighted by Crippen LogP contribution is -2.42. The van der Waals surface area contributed by atoms with Crippen LogP contribution in [0.5, 0.6) is 5.75 Å². The number of nitrogens with one attached hydrogen (secondary N) is 1. The van der Waals surface area contributed by atoms with E-state index in [4.69, 9.17) is 9.84 Å². The molecule has 19 heavy (non-hydrogen) atoms. The Balaban J connectivity index is 1.88. The largest absolute Gasteiger partial charge is 0.479 e. The summed E-state index contributed by atoms with van der Waals surface area (Å²) < 4.78 is 5.30. The molecule has 0 aliphatic carbocycles. The highest BCUT2D eigenvalue weighted by atomic mass is 16.5. The lowest BCUT2D eigenvalue weighted by molar-refractivity contribution is -0.144. The summed E-state index contributed by atoms with van der Waals surface area (Å²) >= 11 is 0. The van der Waals surface area contributed by atoms with Gasteiger partial charge in [0.15, 0.2) is 6.10 Å². The van der Waals surface area contributed by atoms with Gasteiger partial charge in [0, 0.05) is 32.7 Å². The van der Waals surface area contributed by atoms with Crippen molar-refractivity contribution >= 4 is 5.97 Å². The molecular weight excluding hydrogens is 244 g/mol. The number of carboxylic acids is 1. The van der Waals surface area contributed by atoms with Crippen molar-refractivity contribution in [2.24, 2.45) is 0 Å². The number of nitrogens with zero attached hydrogens (tertiary/aromatic N) is 1. The lowest BCUT2D eigenvalue weighted by atomic mass is 10.2. The van der Waals surface area contributed by atoms with Gasteiger partial charge in [0.25, 0.3) is 0 Å². The Morgan fingerprint density at radius 1 is 1.37 bits per heavy atom. The molecule has 2 N–H and O–H groups in total. The highest BCUT2D eigenvalue weighted by Gasteiger charge is 2.13. The molecule has 1 atom stereocenters. The topological polar surface area (TPSA) is 61.8 Å². The van der Waals surface area contributed by atoms with Gasteiger partial charge in [-0.3, -0.25) is 4.90 Å². The summed E-state index contributed by atoms with van der Waals surface area (Å²) in [7, 11) is 0.